The summed E-state index contributed by atoms with van der Waals surface area (Å²) >= 11 is 1.38. The molecule has 3 nitrogen and oxygen atoms in total. The molecule has 0 spiro atoms. The number of thioether (sulfide) groups is 1. The number of hydrogen-bond donors (Lipinski definition) is 1. The largest absolute Gasteiger partial charge is 0.398 e. The van der Waals surface area contributed by atoms with Crippen LogP contribution in [-0.2, 0) is 4.79 Å². The van der Waals surface area contributed by atoms with E-state index in [-0.39, 0.29) is 11.7 Å². The zero-order valence-corrected chi connectivity index (χ0v) is 13.7. The molecule has 0 unspecified atom stereocenters. The predicted octanol–water partition coefficient (Wildman–Crippen LogP) is 3.93. The summed E-state index contributed by atoms with van der Waals surface area (Å²) in [4.78, 5) is 15.0. The molecular weight excluding hydrogens is 287 g/mol. The molecule has 0 heterocycles. The zero-order chi connectivity index (χ0) is 15.7. The maximum absolute atomic E-state index is 13.0. The van der Waals surface area contributed by atoms with Crippen LogP contribution in [-0.4, -0.2) is 29.6 Å². The van der Waals surface area contributed by atoms with Crippen molar-refractivity contribution >= 4 is 23.4 Å². The number of hydrogen-bond acceptors (Lipinski definition) is 3. The topological polar surface area (TPSA) is 46.3 Å². The third-order valence-corrected chi connectivity index (χ3v) is 4.31. The van der Waals surface area contributed by atoms with E-state index in [1.807, 2.05) is 4.90 Å². The van der Waals surface area contributed by atoms with Crippen molar-refractivity contribution in [2.45, 2.75) is 44.4 Å². The van der Waals surface area contributed by atoms with E-state index in [1.54, 1.807) is 6.07 Å². The minimum Gasteiger partial charge on any atom is -0.398 e. The van der Waals surface area contributed by atoms with E-state index in [9.17, 15) is 9.18 Å². The average Bonchev–Trinajstić information content (AvgIpc) is 2.46. The number of benzene rings is 1. The molecule has 1 amide bonds. The van der Waals surface area contributed by atoms with Crippen molar-refractivity contribution in [2.24, 2.45) is 0 Å². The predicted molar refractivity (Wildman–Crippen MR) is 87.9 cm³/mol. The molecule has 1 aromatic rings. The molecule has 1 rings (SSSR count). The Kier molecular flexibility index (Phi) is 8.20. The van der Waals surface area contributed by atoms with E-state index < -0.39 is 0 Å². The second-order valence-electron chi connectivity index (χ2n) is 5.06. The number of rotatable bonds is 9. The number of carbonyl (C=O) groups excluding carboxylic acids is 1. The molecular formula is C16H25FN2OS. The molecule has 0 saturated heterocycles. The number of carbonyl (C=O) groups is 1. The number of anilines is 1. The fourth-order valence-electron chi connectivity index (χ4n) is 1.94. The van der Waals surface area contributed by atoms with Gasteiger partial charge in [0.05, 0.1) is 5.75 Å². The van der Waals surface area contributed by atoms with Gasteiger partial charge in [0.15, 0.2) is 0 Å². The number of nitrogens with two attached hydrogens (primary N) is 1. The van der Waals surface area contributed by atoms with Gasteiger partial charge in [0, 0.05) is 23.7 Å². The molecule has 0 fully saturated rings. The Bertz CT molecular complexity index is 446. The summed E-state index contributed by atoms with van der Waals surface area (Å²) in [5.74, 6) is 0.129. The number of amides is 1. The van der Waals surface area contributed by atoms with Crippen LogP contribution in [0.4, 0.5) is 10.1 Å². The second kappa shape index (κ2) is 9.66. The highest BCUT2D eigenvalue weighted by molar-refractivity contribution is 8.00. The van der Waals surface area contributed by atoms with Gasteiger partial charge in [-0.3, -0.25) is 4.79 Å². The lowest BCUT2D eigenvalue weighted by atomic mass is 10.2. The van der Waals surface area contributed by atoms with E-state index in [1.165, 1.54) is 23.9 Å². The Hall–Kier alpha value is -1.23. The van der Waals surface area contributed by atoms with Gasteiger partial charge >= 0.3 is 0 Å². The van der Waals surface area contributed by atoms with Crippen molar-refractivity contribution < 1.29 is 9.18 Å². The summed E-state index contributed by atoms with van der Waals surface area (Å²) in [6.07, 6.45) is 4.21. The van der Waals surface area contributed by atoms with Crippen molar-refractivity contribution in [3.8, 4) is 0 Å². The fraction of sp³-hybridized carbons (Fsp3) is 0.562. The van der Waals surface area contributed by atoms with Crippen molar-refractivity contribution in [2.75, 3.05) is 24.6 Å². The highest BCUT2D eigenvalue weighted by Gasteiger charge is 2.13. The van der Waals surface area contributed by atoms with Crippen LogP contribution < -0.4 is 5.73 Å². The Labute approximate surface area is 131 Å². The smallest absolute Gasteiger partial charge is 0.232 e. The van der Waals surface area contributed by atoms with Crippen LogP contribution in [0.1, 0.15) is 39.5 Å². The van der Waals surface area contributed by atoms with Gasteiger partial charge in [0.2, 0.25) is 5.91 Å². The first-order chi connectivity index (χ1) is 10.1. The van der Waals surface area contributed by atoms with Gasteiger partial charge < -0.3 is 10.6 Å². The Morgan fingerprint density at radius 3 is 2.38 bits per heavy atom. The normalized spacial score (nSPS) is 10.6. The molecule has 0 bridgehead atoms. The Balaban J connectivity index is 2.55. The number of nitrogens with zero attached hydrogens (tertiary/aromatic N) is 1. The molecule has 0 aliphatic rings. The van der Waals surface area contributed by atoms with Crippen LogP contribution >= 0.6 is 11.8 Å². The summed E-state index contributed by atoms with van der Waals surface area (Å²) in [5.41, 5.74) is 6.15. The SMILES string of the molecule is CCCCN(CCCC)C(=O)CSc1ccc(F)cc1N. The number of halogens is 1. The molecule has 0 aliphatic carbocycles. The highest BCUT2D eigenvalue weighted by atomic mass is 32.2. The molecule has 0 aliphatic heterocycles. The van der Waals surface area contributed by atoms with Crippen molar-refractivity contribution in [3.05, 3.63) is 24.0 Å². The summed E-state index contributed by atoms with van der Waals surface area (Å²) in [7, 11) is 0. The minimum atomic E-state index is -0.351. The van der Waals surface area contributed by atoms with Crippen LogP contribution in [0.3, 0.4) is 0 Å². The van der Waals surface area contributed by atoms with Crippen LogP contribution in [0, 0.1) is 5.82 Å². The van der Waals surface area contributed by atoms with Gasteiger partial charge in [-0.25, -0.2) is 4.39 Å². The second-order valence-corrected chi connectivity index (χ2v) is 6.08. The van der Waals surface area contributed by atoms with Gasteiger partial charge in [-0.2, -0.15) is 0 Å². The number of nitrogen functional groups attached to an aromatic ring is 1. The van der Waals surface area contributed by atoms with Gasteiger partial charge in [0.1, 0.15) is 5.82 Å². The highest BCUT2D eigenvalue weighted by Crippen LogP contribution is 2.25. The van der Waals surface area contributed by atoms with Crippen LogP contribution in [0.2, 0.25) is 0 Å². The molecule has 0 saturated carbocycles. The lowest BCUT2D eigenvalue weighted by Gasteiger charge is -2.22. The van der Waals surface area contributed by atoms with Crippen LogP contribution in [0.15, 0.2) is 23.1 Å². The van der Waals surface area contributed by atoms with E-state index in [0.29, 0.717) is 11.4 Å². The molecule has 0 atom stereocenters. The third-order valence-electron chi connectivity index (χ3n) is 3.24. The lowest BCUT2D eigenvalue weighted by Crippen LogP contribution is -2.34. The maximum Gasteiger partial charge on any atom is 0.232 e. The van der Waals surface area contributed by atoms with E-state index in [2.05, 4.69) is 13.8 Å². The first-order valence-corrected chi connectivity index (χ1v) is 8.52. The van der Waals surface area contributed by atoms with Gasteiger partial charge in [-0.1, -0.05) is 26.7 Å². The average molecular weight is 312 g/mol. The standard InChI is InChI=1S/C16H25FN2OS/c1-3-5-9-19(10-6-4-2)16(20)12-21-15-8-7-13(17)11-14(15)18/h7-8,11H,3-6,9-10,12,18H2,1-2H3. The Morgan fingerprint density at radius 1 is 1.24 bits per heavy atom. The summed E-state index contributed by atoms with van der Waals surface area (Å²) in [5, 5.41) is 0. The van der Waals surface area contributed by atoms with Crippen molar-refractivity contribution in [1.29, 1.82) is 0 Å². The quantitative estimate of drug-likeness (QED) is 0.555. The summed E-state index contributed by atoms with van der Waals surface area (Å²) in [6.45, 7) is 5.87. The molecule has 1 aromatic carbocycles. The Morgan fingerprint density at radius 2 is 1.86 bits per heavy atom. The first-order valence-electron chi connectivity index (χ1n) is 7.54. The van der Waals surface area contributed by atoms with Crippen molar-refractivity contribution in [3.63, 3.8) is 0 Å². The molecule has 0 radical (unpaired) electrons. The van der Waals surface area contributed by atoms with Crippen molar-refractivity contribution in [1.82, 2.24) is 4.90 Å². The van der Waals surface area contributed by atoms with Gasteiger partial charge in [-0.05, 0) is 31.0 Å². The molecule has 118 valence electrons. The monoisotopic (exact) mass is 312 g/mol. The van der Waals surface area contributed by atoms with Gasteiger partial charge in [0.25, 0.3) is 0 Å². The first kappa shape index (κ1) is 17.8. The van der Waals surface area contributed by atoms with Crippen LogP contribution in [0.25, 0.3) is 0 Å². The van der Waals surface area contributed by atoms with Gasteiger partial charge in [-0.15, -0.1) is 11.8 Å². The molecule has 21 heavy (non-hydrogen) atoms. The van der Waals surface area contributed by atoms with Crippen LogP contribution in [0.5, 0.6) is 0 Å². The van der Waals surface area contributed by atoms with E-state index >= 15 is 0 Å². The lowest BCUT2D eigenvalue weighted by molar-refractivity contribution is -0.128. The maximum atomic E-state index is 13.0. The number of unbranched alkanes of at least 4 members (excludes halogenated alkanes) is 2. The summed E-state index contributed by atoms with van der Waals surface area (Å²) in [6, 6.07) is 4.29. The zero-order valence-electron chi connectivity index (χ0n) is 12.9. The molecule has 0 aromatic heterocycles. The molecule has 5 heteroatoms. The molecule has 2 N–H and O–H groups in total. The minimum absolute atomic E-state index is 0.130. The third kappa shape index (κ3) is 6.38. The van der Waals surface area contributed by atoms with E-state index in [0.717, 1.165) is 43.7 Å². The fourth-order valence-corrected chi connectivity index (χ4v) is 2.79. The summed E-state index contributed by atoms with van der Waals surface area (Å²) < 4.78 is 13.0. The van der Waals surface area contributed by atoms with E-state index in [4.69, 9.17) is 5.73 Å².